The molecule has 0 aliphatic rings. The molecule has 0 aliphatic carbocycles. The minimum atomic E-state index is 0.301. The van der Waals surface area contributed by atoms with Crippen LogP contribution in [0.15, 0.2) is 36.7 Å². The average Bonchev–Trinajstić information content (AvgIpc) is 2.84. The molecule has 0 unspecified atom stereocenters. The number of H-pyrrole nitrogens is 2. The van der Waals surface area contributed by atoms with Crippen LogP contribution in [-0.2, 0) is 0 Å². The first kappa shape index (κ1) is 11.3. The van der Waals surface area contributed by atoms with Gasteiger partial charge < -0.3 is 10.1 Å². The number of hydrogen-bond donors (Lipinski definition) is 2. The van der Waals surface area contributed by atoms with E-state index in [2.05, 4.69) is 29.9 Å². The number of aryl methyl sites for hydroxylation is 2. The molecule has 0 fully saturated rings. The van der Waals surface area contributed by atoms with Gasteiger partial charge in [-0.2, -0.15) is 0 Å². The van der Waals surface area contributed by atoms with Gasteiger partial charge in [-0.05, 0) is 48.6 Å². The first-order valence-electron chi connectivity index (χ1n) is 6.70. The van der Waals surface area contributed by atoms with E-state index in [9.17, 15) is 5.11 Å². The van der Waals surface area contributed by atoms with Crippen LogP contribution >= 0.6 is 0 Å². The standard InChI is InChI=1S/C17H14N2O/c1-9-14-8-18-6-5-12(14)10(2)17-16(9)13-7-11(20)3-4-15(13)19-17/h3-8,19-20H,1-2H3/p+1. The highest BCUT2D eigenvalue weighted by Gasteiger charge is 2.15. The van der Waals surface area contributed by atoms with Gasteiger partial charge in [-0.25, -0.2) is 4.98 Å². The van der Waals surface area contributed by atoms with Gasteiger partial charge in [-0.3, -0.25) is 0 Å². The Labute approximate surface area is 115 Å². The molecule has 3 nitrogen and oxygen atoms in total. The van der Waals surface area contributed by atoms with Crippen molar-refractivity contribution in [2.45, 2.75) is 13.8 Å². The molecular formula is C17H15N2O+. The highest BCUT2D eigenvalue weighted by molar-refractivity contribution is 6.16. The highest BCUT2D eigenvalue weighted by Crippen LogP contribution is 2.36. The fraction of sp³-hybridized carbons (Fsp3) is 0.118. The zero-order valence-corrected chi connectivity index (χ0v) is 11.4. The molecule has 0 saturated heterocycles. The number of aromatic hydroxyl groups is 1. The summed E-state index contributed by atoms with van der Waals surface area (Å²) in [6.07, 6.45) is 3.99. The maximum Gasteiger partial charge on any atom is 0.175 e. The fourth-order valence-electron chi connectivity index (χ4n) is 3.19. The number of benzene rings is 2. The third-order valence-electron chi connectivity index (χ3n) is 4.20. The Morgan fingerprint density at radius 3 is 2.70 bits per heavy atom. The number of phenolic OH excluding ortho intramolecular Hbond substituents is 1. The van der Waals surface area contributed by atoms with Crippen LogP contribution in [0.4, 0.5) is 0 Å². The average molecular weight is 263 g/mol. The zero-order chi connectivity index (χ0) is 13.9. The molecule has 0 radical (unpaired) electrons. The van der Waals surface area contributed by atoms with Crippen molar-refractivity contribution in [2.75, 3.05) is 0 Å². The van der Waals surface area contributed by atoms with Gasteiger partial charge in [-0.1, -0.05) is 0 Å². The van der Waals surface area contributed by atoms with Gasteiger partial charge in [0.15, 0.2) is 12.4 Å². The third-order valence-corrected chi connectivity index (χ3v) is 4.20. The van der Waals surface area contributed by atoms with Crippen LogP contribution in [0.1, 0.15) is 11.1 Å². The van der Waals surface area contributed by atoms with E-state index in [1.807, 2.05) is 24.5 Å². The van der Waals surface area contributed by atoms with Gasteiger partial charge >= 0.3 is 0 Å². The number of hydrogen-bond acceptors (Lipinski definition) is 1. The van der Waals surface area contributed by atoms with E-state index in [4.69, 9.17) is 0 Å². The van der Waals surface area contributed by atoms with Crippen molar-refractivity contribution in [3.8, 4) is 5.75 Å². The molecule has 4 aromatic rings. The van der Waals surface area contributed by atoms with E-state index in [-0.39, 0.29) is 0 Å². The molecule has 20 heavy (non-hydrogen) atoms. The summed E-state index contributed by atoms with van der Waals surface area (Å²) in [4.78, 5) is 6.65. The SMILES string of the molecule is Cc1c2cc[nH+]cc2c(C)c2c1[nH]c1ccc(O)cc12. The number of rotatable bonds is 0. The Morgan fingerprint density at radius 1 is 1.00 bits per heavy atom. The van der Waals surface area contributed by atoms with Crippen LogP contribution in [0.25, 0.3) is 32.6 Å². The van der Waals surface area contributed by atoms with E-state index in [0.717, 1.165) is 16.4 Å². The second-order valence-corrected chi connectivity index (χ2v) is 5.33. The minimum absolute atomic E-state index is 0.301. The second kappa shape index (κ2) is 3.73. The van der Waals surface area contributed by atoms with Crippen molar-refractivity contribution < 1.29 is 10.1 Å². The topological polar surface area (TPSA) is 50.2 Å². The molecule has 0 saturated carbocycles. The first-order chi connectivity index (χ1) is 9.66. The maximum absolute atomic E-state index is 9.76. The largest absolute Gasteiger partial charge is 0.508 e. The number of pyridine rings is 1. The number of phenols is 1. The summed E-state index contributed by atoms with van der Waals surface area (Å²) in [6, 6.07) is 7.59. The summed E-state index contributed by atoms with van der Waals surface area (Å²) in [5.41, 5.74) is 4.68. The zero-order valence-electron chi connectivity index (χ0n) is 11.4. The monoisotopic (exact) mass is 263 g/mol. The van der Waals surface area contributed by atoms with Crippen molar-refractivity contribution >= 4 is 32.6 Å². The maximum atomic E-state index is 9.76. The third kappa shape index (κ3) is 1.32. The lowest BCUT2D eigenvalue weighted by atomic mass is 9.97. The van der Waals surface area contributed by atoms with Gasteiger partial charge in [0.25, 0.3) is 0 Å². The fourth-order valence-corrected chi connectivity index (χ4v) is 3.19. The minimum Gasteiger partial charge on any atom is -0.508 e. The van der Waals surface area contributed by atoms with E-state index >= 15 is 0 Å². The summed E-state index contributed by atoms with van der Waals surface area (Å²) < 4.78 is 0. The van der Waals surface area contributed by atoms with Crippen molar-refractivity contribution in [2.24, 2.45) is 0 Å². The summed E-state index contributed by atoms with van der Waals surface area (Å²) in [6.45, 7) is 4.27. The van der Waals surface area contributed by atoms with E-state index in [1.54, 1.807) is 6.07 Å². The quantitative estimate of drug-likeness (QED) is 0.500. The molecule has 2 heterocycles. The highest BCUT2D eigenvalue weighted by atomic mass is 16.3. The lowest BCUT2D eigenvalue weighted by Crippen LogP contribution is -1.99. The first-order valence-corrected chi connectivity index (χ1v) is 6.70. The number of aromatic amines is 2. The second-order valence-electron chi connectivity index (χ2n) is 5.33. The Balaban J connectivity index is 2.36. The number of fused-ring (bicyclic) bond motifs is 4. The molecule has 2 aromatic heterocycles. The lowest BCUT2D eigenvalue weighted by molar-refractivity contribution is -0.375. The van der Waals surface area contributed by atoms with Crippen molar-refractivity contribution in [1.29, 1.82) is 0 Å². The van der Waals surface area contributed by atoms with Crippen LogP contribution in [0.2, 0.25) is 0 Å². The molecule has 0 amide bonds. The van der Waals surface area contributed by atoms with Crippen LogP contribution in [0, 0.1) is 13.8 Å². The van der Waals surface area contributed by atoms with Crippen molar-refractivity contribution in [1.82, 2.24) is 4.98 Å². The van der Waals surface area contributed by atoms with E-state index in [1.165, 1.54) is 27.3 Å². The smallest absolute Gasteiger partial charge is 0.175 e. The molecule has 0 bridgehead atoms. The van der Waals surface area contributed by atoms with E-state index < -0.39 is 0 Å². The van der Waals surface area contributed by atoms with Gasteiger partial charge in [0.2, 0.25) is 0 Å². The van der Waals surface area contributed by atoms with Crippen LogP contribution in [-0.4, -0.2) is 10.1 Å². The summed E-state index contributed by atoms with van der Waals surface area (Å²) in [5.74, 6) is 0.301. The molecule has 3 N–H and O–H groups in total. The van der Waals surface area contributed by atoms with Gasteiger partial charge in [0.1, 0.15) is 5.75 Å². The lowest BCUT2D eigenvalue weighted by Gasteiger charge is -2.06. The van der Waals surface area contributed by atoms with Gasteiger partial charge in [0.05, 0.1) is 5.52 Å². The molecule has 3 heteroatoms. The molecule has 98 valence electrons. The van der Waals surface area contributed by atoms with Crippen molar-refractivity contribution in [3.05, 3.63) is 47.8 Å². The number of nitrogens with one attached hydrogen (secondary N) is 2. The predicted octanol–water partition coefficient (Wildman–Crippen LogP) is 3.61. The Kier molecular flexibility index (Phi) is 2.11. The summed E-state index contributed by atoms with van der Waals surface area (Å²) in [7, 11) is 0. The Hall–Kier alpha value is -2.55. The van der Waals surface area contributed by atoms with Crippen LogP contribution < -0.4 is 4.98 Å². The van der Waals surface area contributed by atoms with Crippen LogP contribution in [0.5, 0.6) is 5.75 Å². The van der Waals surface area contributed by atoms with E-state index in [0.29, 0.717) is 5.75 Å². The molecule has 4 rings (SSSR count). The molecule has 2 aromatic carbocycles. The van der Waals surface area contributed by atoms with Gasteiger partial charge in [-0.15, -0.1) is 0 Å². The molecule has 0 aliphatic heterocycles. The number of aromatic nitrogens is 2. The normalized spacial score (nSPS) is 11.7. The predicted molar refractivity (Wildman–Crippen MR) is 81.0 cm³/mol. The Bertz CT molecular complexity index is 983. The van der Waals surface area contributed by atoms with Crippen LogP contribution in [0.3, 0.4) is 0 Å². The van der Waals surface area contributed by atoms with Gasteiger partial charge in [0, 0.05) is 27.7 Å². The van der Waals surface area contributed by atoms with Crippen molar-refractivity contribution in [3.63, 3.8) is 0 Å². The summed E-state index contributed by atoms with van der Waals surface area (Å²) in [5, 5.41) is 14.5. The molecule has 0 atom stereocenters. The molecular weight excluding hydrogens is 248 g/mol. The summed E-state index contributed by atoms with van der Waals surface area (Å²) >= 11 is 0. The Morgan fingerprint density at radius 2 is 1.85 bits per heavy atom. The molecule has 0 spiro atoms.